The molecular formula is C8H11Br. The third kappa shape index (κ3) is 1.98. The second kappa shape index (κ2) is 3.21. The van der Waals surface area contributed by atoms with Gasteiger partial charge in [-0.2, -0.15) is 0 Å². The van der Waals surface area contributed by atoms with Crippen LogP contribution in [0.5, 0.6) is 0 Å². The lowest BCUT2D eigenvalue weighted by atomic mass is 10.0. The van der Waals surface area contributed by atoms with E-state index in [-0.39, 0.29) is 0 Å². The summed E-state index contributed by atoms with van der Waals surface area (Å²) >= 11 is 3.43. The zero-order valence-corrected chi connectivity index (χ0v) is 7.24. The molecule has 50 valence electrons. The van der Waals surface area contributed by atoms with Crippen molar-refractivity contribution in [2.24, 2.45) is 0 Å². The fourth-order valence-electron chi connectivity index (χ4n) is 0.896. The van der Waals surface area contributed by atoms with Crippen molar-refractivity contribution in [3.63, 3.8) is 0 Å². The first kappa shape index (κ1) is 7.07. The third-order valence-electron chi connectivity index (χ3n) is 1.62. The highest BCUT2D eigenvalue weighted by atomic mass is 79.9. The number of hydrogen-bond donors (Lipinski definition) is 0. The van der Waals surface area contributed by atoms with Gasteiger partial charge in [0.25, 0.3) is 0 Å². The summed E-state index contributed by atoms with van der Waals surface area (Å²) in [6.45, 7) is 2.18. The van der Waals surface area contributed by atoms with Crippen molar-refractivity contribution in [3.8, 4) is 0 Å². The average molecular weight is 187 g/mol. The summed E-state index contributed by atoms with van der Waals surface area (Å²) in [5.74, 6) is 0. The lowest BCUT2D eigenvalue weighted by Crippen LogP contribution is -1.90. The number of halogens is 1. The molecule has 0 amide bonds. The van der Waals surface area contributed by atoms with E-state index in [2.05, 4.69) is 35.0 Å². The molecule has 0 aromatic rings. The van der Waals surface area contributed by atoms with Gasteiger partial charge >= 0.3 is 0 Å². The molecule has 0 saturated heterocycles. The summed E-state index contributed by atoms with van der Waals surface area (Å²) in [5.41, 5.74) is 3.01. The minimum Gasteiger partial charge on any atom is -0.0880 e. The van der Waals surface area contributed by atoms with Crippen LogP contribution in [0.4, 0.5) is 0 Å². The first-order valence-electron chi connectivity index (χ1n) is 3.24. The fraction of sp³-hybridized carbons (Fsp3) is 0.500. The Balaban J connectivity index is 2.59. The van der Waals surface area contributed by atoms with Crippen LogP contribution in [0.25, 0.3) is 0 Å². The molecule has 0 nitrogen and oxygen atoms in total. The minimum atomic E-state index is 1.04. The van der Waals surface area contributed by atoms with Crippen LogP contribution in [0.1, 0.15) is 19.8 Å². The normalized spacial score (nSPS) is 18.9. The second-order valence-corrected chi connectivity index (χ2v) is 3.03. The van der Waals surface area contributed by atoms with Gasteiger partial charge in [0.15, 0.2) is 0 Å². The molecular weight excluding hydrogens is 176 g/mol. The molecule has 0 radical (unpaired) electrons. The van der Waals surface area contributed by atoms with Crippen molar-refractivity contribution >= 4 is 15.9 Å². The van der Waals surface area contributed by atoms with Gasteiger partial charge in [0.05, 0.1) is 0 Å². The van der Waals surface area contributed by atoms with E-state index in [4.69, 9.17) is 0 Å². The highest BCUT2D eigenvalue weighted by Crippen LogP contribution is 2.18. The molecule has 1 rings (SSSR count). The van der Waals surface area contributed by atoms with Crippen LogP contribution < -0.4 is 0 Å². The zero-order chi connectivity index (χ0) is 6.69. The molecule has 0 spiro atoms. The SMILES string of the molecule is CC1=CC=C(CBr)CC1. The van der Waals surface area contributed by atoms with Crippen LogP contribution in [-0.2, 0) is 0 Å². The van der Waals surface area contributed by atoms with Crippen molar-refractivity contribution in [1.29, 1.82) is 0 Å². The van der Waals surface area contributed by atoms with Gasteiger partial charge in [-0.15, -0.1) is 0 Å². The summed E-state index contributed by atoms with van der Waals surface area (Å²) in [6.07, 6.45) is 6.92. The number of alkyl halides is 1. The van der Waals surface area contributed by atoms with E-state index in [0.717, 1.165) is 5.33 Å². The van der Waals surface area contributed by atoms with Crippen molar-refractivity contribution in [1.82, 2.24) is 0 Å². The van der Waals surface area contributed by atoms with E-state index in [1.54, 1.807) is 0 Å². The van der Waals surface area contributed by atoms with Crippen molar-refractivity contribution in [2.45, 2.75) is 19.8 Å². The lowest BCUT2D eigenvalue weighted by Gasteiger charge is -2.07. The van der Waals surface area contributed by atoms with Crippen LogP contribution in [0.2, 0.25) is 0 Å². The Kier molecular flexibility index (Phi) is 2.52. The first-order chi connectivity index (χ1) is 4.33. The Morgan fingerprint density at radius 3 is 2.67 bits per heavy atom. The predicted octanol–water partition coefficient (Wildman–Crippen LogP) is 3.05. The summed E-state index contributed by atoms with van der Waals surface area (Å²) in [4.78, 5) is 0. The fourth-order valence-corrected chi connectivity index (χ4v) is 1.36. The molecule has 1 aliphatic rings. The van der Waals surface area contributed by atoms with Gasteiger partial charge in [-0.05, 0) is 19.8 Å². The Morgan fingerprint density at radius 1 is 1.44 bits per heavy atom. The van der Waals surface area contributed by atoms with Gasteiger partial charge in [-0.25, -0.2) is 0 Å². The maximum Gasteiger partial charge on any atom is 0.0245 e. The van der Waals surface area contributed by atoms with E-state index < -0.39 is 0 Å². The van der Waals surface area contributed by atoms with Crippen molar-refractivity contribution in [2.75, 3.05) is 5.33 Å². The topological polar surface area (TPSA) is 0 Å². The van der Waals surface area contributed by atoms with Gasteiger partial charge < -0.3 is 0 Å². The Hall–Kier alpha value is -0.0400. The van der Waals surface area contributed by atoms with Crippen molar-refractivity contribution < 1.29 is 0 Å². The quantitative estimate of drug-likeness (QED) is 0.553. The predicted molar refractivity (Wildman–Crippen MR) is 44.9 cm³/mol. The molecule has 0 aromatic carbocycles. The second-order valence-electron chi connectivity index (χ2n) is 2.47. The van der Waals surface area contributed by atoms with E-state index in [1.807, 2.05) is 0 Å². The number of rotatable bonds is 1. The molecule has 9 heavy (non-hydrogen) atoms. The average Bonchev–Trinajstić information content (AvgIpc) is 1.90. The van der Waals surface area contributed by atoms with E-state index in [9.17, 15) is 0 Å². The van der Waals surface area contributed by atoms with E-state index in [0.29, 0.717) is 0 Å². The molecule has 0 N–H and O–H groups in total. The number of hydrogen-bond acceptors (Lipinski definition) is 0. The minimum absolute atomic E-state index is 1.04. The summed E-state index contributed by atoms with van der Waals surface area (Å²) < 4.78 is 0. The Labute approximate surface area is 64.8 Å². The van der Waals surface area contributed by atoms with Gasteiger partial charge in [-0.3, -0.25) is 0 Å². The largest absolute Gasteiger partial charge is 0.0880 e. The molecule has 1 aliphatic carbocycles. The molecule has 0 atom stereocenters. The zero-order valence-electron chi connectivity index (χ0n) is 5.65. The molecule has 1 heteroatoms. The number of allylic oxidation sites excluding steroid dienone is 4. The summed E-state index contributed by atoms with van der Waals surface area (Å²) in [5, 5.41) is 1.04. The standard InChI is InChI=1S/C8H11Br/c1-7-2-4-8(6-9)5-3-7/h2,4H,3,5-6H2,1H3. The van der Waals surface area contributed by atoms with Crippen molar-refractivity contribution in [3.05, 3.63) is 23.3 Å². The van der Waals surface area contributed by atoms with E-state index >= 15 is 0 Å². The first-order valence-corrected chi connectivity index (χ1v) is 4.36. The van der Waals surface area contributed by atoms with Gasteiger partial charge in [0.2, 0.25) is 0 Å². The van der Waals surface area contributed by atoms with Gasteiger partial charge in [0, 0.05) is 5.33 Å². The maximum atomic E-state index is 3.43. The van der Waals surface area contributed by atoms with E-state index in [1.165, 1.54) is 24.0 Å². The molecule has 0 aliphatic heterocycles. The van der Waals surface area contributed by atoms with Crippen LogP contribution in [0.3, 0.4) is 0 Å². The molecule has 0 unspecified atom stereocenters. The summed E-state index contributed by atoms with van der Waals surface area (Å²) in [6, 6.07) is 0. The van der Waals surface area contributed by atoms with Gasteiger partial charge in [0.1, 0.15) is 0 Å². The van der Waals surface area contributed by atoms with Gasteiger partial charge in [-0.1, -0.05) is 39.2 Å². The smallest absolute Gasteiger partial charge is 0.0245 e. The molecule has 0 fully saturated rings. The Morgan fingerprint density at radius 2 is 2.22 bits per heavy atom. The van der Waals surface area contributed by atoms with Crippen LogP contribution in [-0.4, -0.2) is 5.33 Å². The summed E-state index contributed by atoms with van der Waals surface area (Å²) in [7, 11) is 0. The maximum absolute atomic E-state index is 3.43. The highest BCUT2D eigenvalue weighted by molar-refractivity contribution is 9.09. The molecule has 0 heterocycles. The molecule has 0 bridgehead atoms. The highest BCUT2D eigenvalue weighted by Gasteiger charge is 1.99. The van der Waals surface area contributed by atoms with Crippen LogP contribution in [0, 0.1) is 0 Å². The molecule has 0 saturated carbocycles. The van der Waals surface area contributed by atoms with Crippen LogP contribution >= 0.6 is 15.9 Å². The third-order valence-corrected chi connectivity index (χ3v) is 2.34. The lowest BCUT2D eigenvalue weighted by molar-refractivity contribution is 0.911. The van der Waals surface area contributed by atoms with Crippen LogP contribution in [0.15, 0.2) is 23.3 Å². The monoisotopic (exact) mass is 186 g/mol. The molecule has 0 aromatic heterocycles. The Bertz CT molecular complexity index is 154.